The second-order valence-electron chi connectivity index (χ2n) is 7.92. The molecule has 28 heavy (non-hydrogen) atoms. The summed E-state index contributed by atoms with van der Waals surface area (Å²) in [4.78, 5) is 4.50. The standard InChI is InChI=1S/C14H19NO.C10H14FN/c1-4-9-15-13(5-1)12-6-10-16-14(11-12)7-2-3-8-14;1-2-12-7-6-9-4-3-5-10(11)8-9/h1,4-5,9,12H,2-3,6-8,10-11H2;3-5,8,12H,2,6-7H2,1H3. The van der Waals surface area contributed by atoms with Gasteiger partial charge in [0, 0.05) is 24.4 Å². The molecular weight excluding hydrogens is 351 g/mol. The van der Waals surface area contributed by atoms with Crippen LogP contribution in [-0.2, 0) is 11.2 Å². The van der Waals surface area contributed by atoms with Gasteiger partial charge in [-0.25, -0.2) is 4.39 Å². The second-order valence-corrected chi connectivity index (χ2v) is 7.92. The highest BCUT2D eigenvalue weighted by molar-refractivity contribution is 5.16. The van der Waals surface area contributed by atoms with Crippen molar-refractivity contribution in [1.29, 1.82) is 0 Å². The van der Waals surface area contributed by atoms with E-state index in [0.29, 0.717) is 5.92 Å². The monoisotopic (exact) mass is 384 g/mol. The zero-order valence-electron chi connectivity index (χ0n) is 17.0. The number of nitrogens with zero attached hydrogens (tertiary/aromatic N) is 1. The first-order chi connectivity index (χ1) is 13.7. The fraction of sp³-hybridized carbons (Fsp3) is 0.542. The van der Waals surface area contributed by atoms with Gasteiger partial charge in [-0.3, -0.25) is 4.98 Å². The topological polar surface area (TPSA) is 34.1 Å². The Labute approximate surface area is 168 Å². The predicted octanol–water partition coefficient (Wildman–Crippen LogP) is 5.27. The number of rotatable bonds is 5. The number of benzene rings is 1. The Balaban J connectivity index is 0.000000169. The van der Waals surface area contributed by atoms with E-state index in [4.69, 9.17) is 4.74 Å². The molecule has 2 aliphatic rings. The van der Waals surface area contributed by atoms with Gasteiger partial charge in [0.15, 0.2) is 0 Å². The first kappa shape index (κ1) is 20.9. The lowest BCUT2D eigenvalue weighted by atomic mass is 9.83. The highest BCUT2D eigenvalue weighted by Gasteiger charge is 2.40. The normalized spacial score (nSPS) is 20.6. The molecule has 0 amide bonds. The zero-order valence-corrected chi connectivity index (χ0v) is 17.0. The molecule has 1 N–H and O–H groups in total. The highest BCUT2D eigenvalue weighted by atomic mass is 19.1. The van der Waals surface area contributed by atoms with E-state index >= 15 is 0 Å². The molecule has 0 radical (unpaired) electrons. The average molecular weight is 385 g/mol. The van der Waals surface area contributed by atoms with Gasteiger partial charge in [-0.05, 0) is 75.0 Å². The number of pyridine rings is 1. The third-order valence-electron chi connectivity index (χ3n) is 5.84. The summed E-state index contributed by atoms with van der Waals surface area (Å²) in [6.45, 7) is 4.86. The maximum atomic E-state index is 12.7. The fourth-order valence-corrected chi connectivity index (χ4v) is 4.37. The SMILES string of the molecule is CCNCCc1cccc(F)c1.c1ccc(C2CCOC3(CCCC3)C2)nc1. The minimum Gasteiger partial charge on any atom is -0.375 e. The Morgan fingerprint density at radius 3 is 2.75 bits per heavy atom. The van der Waals surface area contributed by atoms with Crippen molar-refractivity contribution >= 4 is 0 Å². The molecule has 3 nitrogen and oxygen atoms in total. The number of likely N-dealkylation sites (N-methyl/N-ethyl adjacent to an activating group) is 1. The lowest BCUT2D eigenvalue weighted by Crippen LogP contribution is -2.36. The van der Waals surface area contributed by atoms with E-state index in [2.05, 4.69) is 29.4 Å². The first-order valence-corrected chi connectivity index (χ1v) is 10.7. The lowest BCUT2D eigenvalue weighted by Gasteiger charge is -2.38. The fourth-order valence-electron chi connectivity index (χ4n) is 4.37. The van der Waals surface area contributed by atoms with Crippen molar-refractivity contribution in [3.8, 4) is 0 Å². The summed E-state index contributed by atoms with van der Waals surface area (Å²) < 4.78 is 18.7. The molecular formula is C24H33FN2O. The van der Waals surface area contributed by atoms with Crippen LogP contribution < -0.4 is 5.32 Å². The molecule has 1 aliphatic heterocycles. The van der Waals surface area contributed by atoms with E-state index in [-0.39, 0.29) is 11.4 Å². The molecule has 1 aliphatic carbocycles. The van der Waals surface area contributed by atoms with E-state index < -0.39 is 0 Å². The Hall–Kier alpha value is -1.78. The van der Waals surface area contributed by atoms with Crippen molar-refractivity contribution in [3.63, 3.8) is 0 Å². The molecule has 152 valence electrons. The molecule has 2 aromatic rings. The van der Waals surface area contributed by atoms with E-state index in [9.17, 15) is 4.39 Å². The Morgan fingerprint density at radius 2 is 2.04 bits per heavy atom. The van der Waals surface area contributed by atoms with Gasteiger partial charge in [0.25, 0.3) is 0 Å². The third kappa shape index (κ3) is 6.11. The summed E-state index contributed by atoms with van der Waals surface area (Å²) in [5, 5.41) is 3.19. The van der Waals surface area contributed by atoms with Gasteiger partial charge >= 0.3 is 0 Å². The van der Waals surface area contributed by atoms with Crippen molar-refractivity contribution in [3.05, 3.63) is 65.7 Å². The minimum atomic E-state index is -0.149. The summed E-state index contributed by atoms with van der Waals surface area (Å²) in [6.07, 6.45) is 10.3. The maximum absolute atomic E-state index is 12.7. The van der Waals surface area contributed by atoms with Gasteiger partial charge in [-0.15, -0.1) is 0 Å². The third-order valence-corrected chi connectivity index (χ3v) is 5.84. The smallest absolute Gasteiger partial charge is 0.123 e. The van der Waals surface area contributed by atoms with Crippen molar-refractivity contribution in [1.82, 2.24) is 10.3 Å². The van der Waals surface area contributed by atoms with Crippen molar-refractivity contribution in [2.45, 2.75) is 63.4 Å². The largest absolute Gasteiger partial charge is 0.375 e. The quantitative estimate of drug-likeness (QED) is 0.714. The molecule has 1 saturated heterocycles. The predicted molar refractivity (Wildman–Crippen MR) is 112 cm³/mol. The van der Waals surface area contributed by atoms with Crippen LogP contribution in [-0.4, -0.2) is 30.3 Å². The van der Waals surface area contributed by atoms with E-state index in [0.717, 1.165) is 38.1 Å². The van der Waals surface area contributed by atoms with Crippen LogP contribution in [0.15, 0.2) is 48.7 Å². The number of ether oxygens (including phenoxy) is 1. The molecule has 2 fully saturated rings. The summed E-state index contributed by atoms with van der Waals surface area (Å²) >= 11 is 0. The Bertz CT molecular complexity index is 701. The van der Waals surface area contributed by atoms with E-state index in [1.54, 1.807) is 12.1 Å². The van der Waals surface area contributed by atoms with Crippen molar-refractivity contribution in [2.75, 3.05) is 19.7 Å². The van der Waals surface area contributed by atoms with Crippen LogP contribution in [0.3, 0.4) is 0 Å². The molecule has 2 heterocycles. The maximum Gasteiger partial charge on any atom is 0.123 e. The molecule has 4 rings (SSSR count). The Morgan fingerprint density at radius 1 is 1.18 bits per heavy atom. The second kappa shape index (κ2) is 10.7. The number of hydrogen-bond acceptors (Lipinski definition) is 3. The van der Waals surface area contributed by atoms with Crippen LogP contribution in [0.5, 0.6) is 0 Å². The lowest BCUT2D eigenvalue weighted by molar-refractivity contribution is -0.0809. The summed E-state index contributed by atoms with van der Waals surface area (Å²) in [7, 11) is 0. The average Bonchev–Trinajstić information content (AvgIpc) is 3.17. The van der Waals surface area contributed by atoms with E-state index in [1.807, 2.05) is 18.3 Å². The molecule has 1 unspecified atom stereocenters. The van der Waals surface area contributed by atoms with Crippen molar-refractivity contribution < 1.29 is 9.13 Å². The summed E-state index contributed by atoms with van der Waals surface area (Å²) in [5.74, 6) is 0.469. The number of halogens is 1. The van der Waals surface area contributed by atoms with Crippen LogP contribution in [0.2, 0.25) is 0 Å². The van der Waals surface area contributed by atoms with Crippen molar-refractivity contribution in [2.24, 2.45) is 0 Å². The van der Waals surface area contributed by atoms with Gasteiger partial charge in [-0.2, -0.15) is 0 Å². The van der Waals surface area contributed by atoms with Gasteiger partial charge < -0.3 is 10.1 Å². The van der Waals surface area contributed by atoms with E-state index in [1.165, 1.54) is 43.9 Å². The molecule has 4 heteroatoms. The Kier molecular flexibility index (Phi) is 7.99. The van der Waals surface area contributed by atoms with Crippen LogP contribution in [0, 0.1) is 5.82 Å². The van der Waals surface area contributed by atoms with Gasteiger partial charge in [0.2, 0.25) is 0 Å². The molecule has 1 atom stereocenters. The van der Waals surface area contributed by atoms with Crippen LogP contribution >= 0.6 is 0 Å². The molecule has 1 spiro atoms. The first-order valence-electron chi connectivity index (χ1n) is 10.7. The zero-order chi connectivity index (χ0) is 19.7. The van der Waals surface area contributed by atoms with Gasteiger partial charge in [0.05, 0.1) is 5.60 Å². The highest BCUT2D eigenvalue weighted by Crippen LogP contribution is 2.44. The number of hydrogen-bond donors (Lipinski definition) is 1. The van der Waals surface area contributed by atoms with Gasteiger partial charge in [-0.1, -0.05) is 38.0 Å². The summed E-state index contributed by atoms with van der Waals surface area (Å²) in [6, 6.07) is 13.0. The molecule has 0 bridgehead atoms. The van der Waals surface area contributed by atoms with Crippen LogP contribution in [0.1, 0.15) is 62.6 Å². The van der Waals surface area contributed by atoms with Gasteiger partial charge in [0.1, 0.15) is 5.82 Å². The number of nitrogens with one attached hydrogen (secondary N) is 1. The molecule has 1 aromatic heterocycles. The summed E-state index contributed by atoms with van der Waals surface area (Å²) in [5.41, 5.74) is 2.52. The van der Waals surface area contributed by atoms with Crippen LogP contribution in [0.25, 0.3) is 0 Å². The number of aromatic nitrogens is 1. The van der Waals surface area contributed by atoms with Crippen LogP contribution in [0.4, 0.5) is 4.39 Å². The molecule has 1 aromatic carbocycles. The minimum absolute atomic E-state index is 0.149. The molecule has 1 saturated carbocycles.